The Morgan fingerprint density at radius 2 is 1.87 bits per heavy atom. The lowest BCUT2D eigenvalue weighted by atomic mass is 9.43. The number of nitrogens with one attached hydrogen (secondary N) is 1. The van der Waals surface area contributed by atoms with Crippen molar-refractivity contribution in [1.82, 2.24) is 4.90 Å². The van der Waals surface area contributed by atoms with E-state index >= 15 is 0 Å². The molecule has 1 spiro atoms. The summed E-state index contributed by atoms with van der Waals surface area (Å²) in [6, 6.07) is 0.785. The van der Waals surface area contributed by atoms with E-state index in [9.17, 15) is 19.8 Å². The Bertz CT molecular complexity index is 1210. The zero-order valence-electron chi connectivity index (χ0n) is 23.7. The highest BCUT2D eigenvalue weighted by molar-refractivity contribution is 6.03. The highest BCUT2D eigenvalue weighted by atomic mass is 16.5. The van der Waals surface area contributed by atoms with Gasteiger partial charge in [-0.25, -0.2) is 4.79 Å². The fourth-order valence-electron chi connectivity index (χ4n) is 8.50. The number of esters is 1. The molecule has 8 heteroatoms. The van der Waals surface area contributed by atoms with Crippen LogP contribution in [0.3, 0.4) is 0 Å². The summed E-state index contributed by atoms with van der Waals surface area (Å²) in [6.45, 7) is 14.4. The maximum absolute atomic E-state index is 12.2. The number of nitrogens with zero attached hydrogens (tertiary/aromatic N) is 1. The number of phenols is 1. The van der Waals surface area contributed by atoms with Crippen molar-refractivity contribution in [2.75, 3.05) is 0 Å². The molecule has 0 amide bonds. The largest absolute Gasteiger partial charge is 0.508 e. The third-order valence-corrected chi connectivity index (χ3v) is 10.7. The summed E-state index contributed by atoms with van der Waals surface area (Å²) in [5.41, 5.74) is 1.01. The van der Waals surface area contributed by atoms with Gasteiger partial charge in [0.1, 0.15) is 35.1 Å². The van der Waals surface area contributed by atoms with Crippen LogP contribution >= 0.6 is 0 Å². The summed E-state index contributed by atoms with van der Waals surface area (Å²) < 4.78 is 13.1. The smallest absolute Gasteiger partial charge is 0.326 e. The molecule has 0 radical (unpaired) electrons. The molecule has 1 aromatic rings. The number of phenolic OH excluding ortho intramolecular Hbond substituents is 1. The third kappa shape index (κ3) is 3.51. The van der Waals surface area contributed by atoms with Crippen molar-refractivity contribution in [3.8, 4) is 11.5 Å². The van der Waals surface area contributed by atoms with Gasteiger partial charge in [-0.05, 0) is 50.0 Å². The van der Waals surface area contributed by atoms with Gasteiger partial charge in [-0.15, -0.1) is 0 Å². The number of hydrogen-bond acceptors (Lipinski definition) is 6. The van der Waals surface area contributed by atoms with E-state index in [0.29, 0.717) is 30.1 Å². The first kappa shape index (κ1) is 26.8. The van der Waals surface area contributed by atoms with E-state index in [2.05, 4.69) is 27.7 Å². The van der Waals surface area contributed by atoms with Crippen molar-refractivity contribution >= 4 is 17.8 Å². The predicted octanol–water partition coefficient (Wildman–Crippen LogP) is 5.12. The van der Waals surface area contributed by atoms with Crippen molar-refractivity contribution in [2.45, 2.75) is 105 Å². The van der Waals surface area contributed by atoms with Crippen LogP contribution in [-0.2, 0) is 27.3 Å². The van der Waals surface area contributed by atoms with Crippen molar-refractivity contribution in [3.05, 3.63) is 22.8 Å². The molecule has 8 nitrogen and oxygen atoms in total. The normalized spacial score (nSPS) is 33.9. The molecule has 1 unspecified atom stereocenters. The van der Waals surface area contributed by atoms with Crippen LogP contribution < -0.4 is 4.74 Å². The Morgan fingerprint density at radius 1 is 1.18 bits per heavy atom. The average molecular weight is 527 g/mol. The number of rotatable bonds is 4. The van der Waals surface area contributed by atoms with Crippen molar-refractivity contribution < 1.29 is 29.3 Å². The van der Waals surface area contributed by atoms with Crippen LogP contribution in [-0.4, -0.2) is 50.6 Å². The molecule has 5 rings (SSSR count). The second-order valence-corrected chi connectivity index (χ2v) is 13.3. The number of fused-ring (bicyclic) bond motifs is 3. The minimum atomic E-state index is -0.963. The lowest BCUT2D eigenvalue weighted by molar-refractivity contribution is -0.238. The number of aromatic hydroxyl groups is 1. The quantitative estimate of drug-likeness (QED) is 0.466. The minimum absolute atomic E-state index is 0.111. The fourth-order valence-corrected chi connectivity index (χ4v) is 8.50. The Hall–Kier alpha value is -2.77. The monoisotopic (exact) mass is 526 g/mol. The molecule has 6 atom stereocenters. The van der Waals surface area contributed by atoms with Gasteiger partial charge in [0.15, 0.2) is 0 Å². The summed E-state index contributed by atoms with van der Waals surface area (Å²) >= 11 is 0. The topological polar surface area (TPSA) is 120 Å². The lowest BCUT2D eigenvalue weighted by Gasteiger charge is -2.67. The molecule has 2 heterocycles. The molecule has 2 aliphatic carbocycles. The Morgan fingerprint density at radius 3 is 2.47 bits per heavy atom. The van der Waals surface area contributed by atoms with E-state index in [1.54, 1.807) is 11.0 Å². The molecule has 2 saturated carbocycles. The number of carbonyl (C=O) groups is 2. The number of benzene rings is 1. The number of carboxylic acids is 1. The van der Waals surface area contributed by atoms with Gasteiger partial charge in [0, 0.05) is 46.9 Å². The number of carbonyl (C=O) groups excluding carboxylic acids is 1. The van der Waals surface area contributed by atoms with Gasteiger partial charge in [-0.1, -0.05) is 41.5 Å². The van der Waals surface area contributed by atoms with E-state index in [-0.39, 0.29) is 52.9 Å². The number of hydrogen-bond donors (Lipinski definition) is 3. The Kier molecular flexibility index (Phi) is 6.08. The summed E-state index contributed by atoms with van der Waals surface area (Å²) in [5.74, 6) is -0.0997. The SMILES string of the molecule is CC(=O)O[C@@H]1CC[C@@]23Oc4c(c(O)cc5c4CN(C(C(=O)O)C(C)C)C5=N)C[C@]2(C)[C@@H](C)CC[C@H]3C1(C)C. The van der Waals surface area contributed by atoms with Crippen LogP contribution in [0.4, 0.5) is 0 Å². The van der Waals surface area contributed by atoms with E-state index in [4.69, 9.17) is 14.9 Å². The van der Waals surface area contributed by atoms with Gasteiger partial charge in [0.05, 0.1) is 0 Å². The summed E-state index contributed by atoms with van der Waals surface area (Å²) in [7, 11) is 0. The molecule has 1 aromatic carbocycles. The molecule has 38 heavy (non-hydrogen) atoms. The Balaban J connectivity index is 1.63. The number of amidine groups is 1. The maximum atomic E-state index is 12.2. The van der Waals surface area contributed by atoms with Crippen molar-refractivity contribution in [3.63, 3.8) is 0 Å². The predicted molar refractivity (Wildman–Crippen MR) is 142 cm³/mol. The van der Waals surface area contributed by atoms with Gasteiger partial charge in [0.2, 0.25) is 0 Å². The minimum Gasteiger partial charge on any atom is -0.508 e. The van der Waals surface area contributed by atoms with Gasteiger partial charge >= 0.3 is 11.9 Å². The number of ether oxygens (including phenoxy) is 2. The van der Waals surface area contributed by atoms with Gasteiger partial charge < -0.3 is 24.6 Å². The second-order valence-electron chi connectivity index (χ2n) is 13.3. The van der Waals surface area contributed by atoms with Crippen LogP contribution in [0, 0.1) is 34.0 Å². The highest BCUT2D eigenvalue weighted by Gasteiger charge is 2.68. The summed E-state index contributed by atoms with van der Waals surface area (Å²) in [5, 5.41) is 30.0. The first-order chi connectivity index (χ1) is 17.7. The van der Waals surface area contributed by atoms with Crippen LogP contribution in [0.15, 0.2) is 6.07 Å². The standard InChI is InChI=1S/C30H42N2O6/c1-15(2)24(27(35)36)32-14-20-18(26(32)31)12-21(34)19-13-29(7)16(3)8-9-22-28(5,6)23(37-17(4)33)10-11-30(22,29)38-25(19)20/h12,15-16,22-24,31,34H,8-11,13-14H2,1-7H3,(H,35,36)/t16-,22-,23+,24?,29+,30-/m0/s1. The van der Waals surface area contributed by atoms with Crippen molar-refractivity contribution in [2.24, 2.45) is 28.6 Å². The fraction of sp³-hybridized carbons (Fsp3) is 0.700. The zero-order chi connectivity index (χ0) is 27.9. The second kappa shape index (κ2) is 8.62. The van der Waals surface area contributed by atoms with E-state index in [0.717, 1.165) is 30.4 Å². The molecule has 208 valence electrons. The molecular weight excluding hydrogens is 484 g/mol. The Labute approximate surface area is 225 Å². The van der Waals surface area contributed by atoms with Crippen LogP contribution in [0.25, 0.3) is 0 Å². The lowest BCUT2D eigenvalue weighted by Crippen LogP contribution is -2.70. The van der Waals surface area contributed by atoms with Crippen molar-refractivity contribution in [1.29, 1.82) is 5.41 Å². The maximum Gasteiger partial charge on any atom is 0.326 e. The zero-order valence-corrected chi connectivity index (χ0v) is 23.7. The molecule has 0 aromatic heterocycles. The number of aliphatic carboxylic acids is 1. The van der Waals surface area contributed by atoms with Crippen LogP contribution in [0.5, 0.6) is 11.5 Å². The first-order valence-electron chi connectivity index (χ1n) is 14.0. The first-order valence-corrected chi connectivity index (χ1v) is 14.0. The molecule has 0 bridgehead atoms. The third-order valence-electron chi connectivity index (χ3n) is 10.7. The van der Waals surface area contributed by atoms with Crippen LogP contribution in [0.2, 0.25) is 0 Å². The highest BCUT2D eigenvalue weighted by Crippen LogP contribution is 2.67. The van der Waals surface area contributed by atoms with Gasteiger partial charge in [-0.3, -0.25) is 10.2 Å². The molecule has 0 saturated heterocycles. The molecule has 2 aliphatic heterocycles. The van der Waals surface area contributed by atoms with Gasteiger partial charge in [0.25, 0.3) is 0 Å². The molecule has 4 aliphatic rings. The van der Waals surface area contributed by atoms with E-state index in [1.807, 2.05) is 13.8 Å². The van der Waals surface area contributed by atoms with E-state index < -0.39 is 17.6 Å². The van der Waals surface area contributed by atoms with Gasteiger partial charge in [-0.2, -0.15) is 0 Å². The van der Waals surface area contributed by atoms with E-state index in [1.165, 1.54) is 6.92 Å². The number of carboxylic acid groups (broad SMARTS) is 1. The summed E-state index contributed by atoms with van der Waals surface area (Å²) in [6.07, 6.45) is 3.85. The molecule has 3 N–H and O–H groups in total. The van der Waals surface area contributed by atoms with Crippen LogP contribution in [0.1, 0.15) is 90.8 Å². The molecular formula is C30H42N2O6. The summed E-state index contributed by atoms with van der Waals surface area (Å²) in [4.78, 5) is 25.7. The average Bonchev–Trinajstić information content (AvgIpc) is 3.11. The molecule has 2 fully saturated rings.